The number of amides is 2. The van der Waals surface area contributed by atoms with Gasteiger partial charge >= 0.3 is 0 Å². The first-order chi connectivity index (χ1) is 18.4. The molecule has 196 valence electrons. The maximum absolute atomic E-state index is 13.2. The van der Waals surface area contributed by atoms with E-state index in [0.29, 0.717) is 38.8 Å². The highest BCUT2D eigenvalue weighted by Gasteiger charge is 2.35. The number of hydrogen-bond donors (Lipinski definition) is 1. The Bertz CT molecular complexity index is 1360. The number of benzene rings is 3. The van der Waals surface area contributed by atoms with Crippen molar-refractivity contribution in [1.29, 1.82) is 0 Å². The van der Waals surface area contributed by atoms with Gasteiger partial charge in [-0.15, -0.1) is 0 Å². The Labute approximate surface area is 231 Å². The third-order valence-electron chi connectivity index (χ3n) is 5.77. The SMILES string of the molecule is CCOc1cc(/C=C2\SC(=S)N([C@H](C)c3ccccc3)C2=O)ccc1OCC(=O)Nc1cccc(OC)c1. The molecular formula is C29H28N2O5S2. The first kappa shape index (κ1) is 27.2. The zero-order valence-electron chi connectivity index (χ0n) is 21.3. The van der Waals surface area contributed by atoms with Gasteiger partial charge in [0.15, 0.2) is 18.1 Å². The highest BCUT2D eigenvalue weighted by atomic mass is 32.2. The van der Waals surface area contributed by atoms with Gasteiger partial charge in [0, 0.05) is 11.8 Å². The van der Waals surface area contributed by atoms with Gasteiger partial charge in [-0.25, -0.2) is 0 Å². The van der Waals surface area contributed by atoms with Gasteiger partial charge in [0.1, 0.15) is 10.1 Å². The van der Waals surface area contributed by atoms with Crippen LogP contribution < -0.4 is 19.5 Å². The lowest BCUT2D eigenvalue weighted by atomic mass is 10.1. The van der Waals surface area contributed by atoms with E-state index in [1.807, 2.05) is 50.2 Å². The number of hydrogen-bond acceptors (Lipinski definition) is 7. The molecule has 9 heteroatoms. The van der Waals surface area contributed by atoms with E-state index in [1.165, 1.54) is 11.8 Å². The Balaban J connectivity index is 1.45. The molecule has 1 atom stereocenters. The molecule has 3 aromatic rings. The number of anilines is 1. The Morgan fingerprint density at radius 2 is 1.84 bits per heavy atom. The van der Waals surface area contributed by atoms with Crippen molar-refractivity contribution in [2.75, 3.05) is 25.6 Å². The zero-order valence-corrected chi connectivity index (χ0v) is 22.9. The smallest absolute Gasteiger partial charge is 0.266 e. The summed E-state index contributed by atoms with van der Waals surface area (Å²) in [5, 5.41) is 2.78. The predicted octanol–water partition coefficient (Wildman–Crippen LogP) is 6.07. The summed E-state index contributed by atoms with van der Waals surface area (Å²) in [6, 6.07) is 22.0. The number of carbonyl (C=O) groups excluding carboxylic acids is 2. The molecule has 3 aromatic carbocycles. The Morgan fingerprint density at radius 1 is 1.05 bits per heavy atom. The lowest BCUT2D eigenvalue weighted by Crippen LogP contribution is -2.30. The van der Waals surface area contributed by atoms with Crippen molar-refractivity contribution < 1.29 is 23.8 Å². The minimum absolute atomic E-state index is 0.135. The number of nitrogens with one attached hydrogen (secondary N) is 1. The molecule has 0 bridgehead atoms. The number of rotatable bonds is 10. The molecule has 7 nitrogen and oxygen atoms in total. The Morgan fingerprint density at radius 3 is 2.58 bits per heavy atom. The van der Waals surface area contributed by atoms with Crippen LogP contribution in [0.5, 0.6) is 17.2 Å². The molecule has 0 saturated carbocycles. The van der Waals surface area contributed by atoms with E-state index in [2.05, 4.69) is 5.32 Å². The summed E-state index contributed by atoms with van der Waals surface area (Å²) in [5.74, 6) is 1.09. The lowest BCUT2D eigenvalue weighted by molar-refractivity contribution is -0.123. The van der Waals surface area contributed by atoms with Gasteiger partial charge in [-0.1, -0.05) is 66.4 Å². The van der Waals surface area contributed by atoms with Crippen LogP contribution in [0.3, 0.4) is 0 Å². The van der Waals surface area contributed by atoms with E-state index in [9.17, 15) is 9.59 Å². The number of carbonyl (C=O) groups is 2. The number of thioether (sulfide) groups is 1. The van der Waals surface area contributed by atoms with Gasteiger partial charge in [-0.2, -0.15) is 0 Å². The summed E-state index contributed by atoms with van der Waals surface area (Å²) in [7, 11) is 1.57. The van der Waals surface area contributed by atoms with E-state index in [0.717, 1.165) is 11.1 Å². The summed E-state index contributed by atoms with van der Waals surface area (Å²) < 4.78 is 17.2. The number of methoxy groups -OCH3 is 1. The van der Waals surface area contributed by atoms with E-state index in [4.69, 9.17) is 26.4 Å². The van der Waals surface area contributed by atoms with Crippen molar-refractivity contribution >= 4 is 51.9 Å². The van der Waals surface area contributed by atoms with Crippen LogP contribution in [0.25, 0.3) is 6.08 Å². The van der Waals surface area contributed by atoms with E-state index >= 15 is 0 Å². The normalized spacial score (nSPS) is 14.9. The largest absolute Gasteiger partial charge is 0.497 e. The fraction of sp³-hybridized carbons (Fsp3) is 0.207. The third-order valence-corrected chi connectivity index (χ3v) is 7.10. The molecule has 1 aliphatic rings. The maximum atomic E-state index is 13.2. The van der Waals surface area contributed by atoms with Crippen LogP contribution >= 0.6 is 24.0 Å². The van der Waals surface area contributed by atoms with Crippen LogP contribution in [0, 0.1) is 0 Å². The van der Waals surface area contributed by atoms with Crippen LogP contribution in [0.1, 0.15) is 31.0 Å². The van der Waals surface area contributed by atoms with Crippen LogP contribution in [-0.4, -0.2) is 41.4 Å². The van der Waals surface area contributed by atoms with Crippen molar-refractivity contribution in [1.82, 2.24) is 4.90 Å². The van der Waals surface area contributed by atoms with Crippen LogP contribution in [0.4, 0.5) is 5.69 Å². The molecule has 0 aromatic heterocycles. The highest BCUT2D eigenvalue weighted by molar-refractivity contribution is 8.26. The van der Waals surface area contributed by atoms with Gasteiger partial charge < -0.3 is 19.5 Å². The summed E-state index contributed by atoms with van der Waals surface area (Å²) in [6.07, 6.45) is 1.79. The van der Waals surface area contributed by atoms with Crippen molar-refractivity contribution in [2.24, 2.45) is 0 Å². The average molecular weight is 549 g/mol. The molecule has 1 N–H and O–H groups in total. The number of ether oxygens (including phenoxy) is 3. The third kappa shape index (κ3) is 6.54. The second-order valence-electron chi connectivity index (χ2n) is 8.35. The van der Waals surface area contributed by atoms with Gasteiger partial charge in [0.05, 0.1) is 24.7 Å². The van der Waals surface area contributed by atoms with Gasteiger partial charge in [0.2, 0.25) is 0 Å². The molecular weight excluding hydrogens is 520 g/mol. The fourth-order valence-corrected chi connectivity index (χ4v) is 5.31. The van der Waals surface area contributed by atoms with Gasteiger partial charge in [-0.05, 0) is 55.3 Å². The van der Waals surface area contributed by atoms with Crippen molar-refractivity contribution in [3.63, 3.8) is 0 Å². The van der Waals surface area contributed by atoms with Crippen LogP contribution in [0.15, 0.2) is 77.7 Å². The van der Waals surface area contributed by atoms with E-state index in [-0.39, 0.29) is 24.5 Å². The molecule has 38 heavy (non-hydrogen) atoms. The minimum atomic E-state index is -0.319. The predicted molar refractivity (Wildman–Crippen MR) is 155 cm³/mol. The summed E-state index contributed by atoms with van der Waals surface area (Å²) in [4.78, 5) is 27.8. The van der Waals surface area contributed by atoms with Crippen molar-refractivity contribution in [2.45, 2.75) is 19.9 Å². The quantitative estimate of drug-likeness (QED) is 0.243. The molecule has 0 unspecified atom stereocenters. The highest BCUT2D eigenvalue weighted by Crippen LogP contribution is 2.39. The van der Waals surface area contributed by atoms with Crippen LogP contribution in [-0.2, 0) is 9.59 Å². The first-order valence-corrected chi connectivity index (χ1v) is 13.3. The van der Waals surface area contributed by atoms with Crippen molar-refractivity contribution in [3.05, 3.63) is 88.8 Å². The maximum Gasteiger partial charge on any atom is 0.266 e. The van der Waals surface area contributed by atoms with Gasteiger partial charge in [0.25, 0.3) is 11.8 Å². The Hall–Kier alpha value is -3.82. The van der Waals surface area contributed by atoms with E-state index in [1.54, 1.807) is 54.5 Å². The summed E-state index contributed by atoms with van der Waals surface area (Å²) >= 11 is 6.81. The Kier molecular flexibility index (Phi) is 9.04. The topological polar surface area (TPSA) is 77.1 Å². The summed E-state index contributed by atoms with van der Waals surface area (Å²) in [5.41, 5.74) is 2.38. The first-order valence-electron chi connectivity index (χ1n) is 12.0. The van der Waals surface area contributed by atoms with Crippen LogP contribution in [0.2, 0.25) is 0 Å². The van der Waals surface area contributed by atoms with Gasteiger partial charge in [-0.3, -0.25) is 14.5 Å². The molecule has 1 fully saturated rings. The number of thiocarbonyl (C=S) groups is 1. The molecule has 0 spiro atoms. The minimum Gasteiger partial charge on any atom is -0.497 e. The molecule has 4 rings (SSSR count). The van der Waals surface area contributed by atoms with E-state index < -0.39 is 0 Å². The molecule has 0 aliphatic carbocycles. The molecule has 0 radical (unpaired) electrons. The summed E-state index contributed by atoms with van der Waals surface area (Å²) in [6.45, 7) is 4.04. The monoisotopic (exact) mass is 548 g/mol. The fourth-order valence-electron chi connectivity index (χ4n) is 3.89. The second kappa shape index (κ2) is 12.6. The number of nitrogens with zero attached hydrogens (tertiary/aromatic N) is 1. The standard InChI is InChI=1S/C29H28N2O5S2/c1-4-35-25-15-20(13-14-24(25)36-18-27(32)30-22-11-8-12-23(17-22)34-3)16-26-28(33)31(29(37)38-26)19(2)21-9-6-5-7-10-21/h5-17,19H,4,18H2,1-3H3,(H,30,32)/b26-16-/t19-/m1/s1. The second-order valence-corrected chi connectivity index (χ2v) is 10.0. The van der Waals surface area contributed by atoms with Crippen molar-refractivity contribution in [3.8, 4) is 17.2 Å². The molecule has 1 saturated heterocycles. The molecule has 1 heterocycles. The molecule has 1 aliphatic heterocycles. The average Bonchev–Trinajstić information content (AvgIpc) is 3.20. The molecule has 2 amide bonds. The zero-order chi connectivity index (χ0) is 27.1. The lowest BCUT2D eigenvalue weighted by Gasteiger charge is -2.23.